The number of rotatable bonds is 6. The van der Waals surface area contributed by atoms with Gasteiger partial charge in [-0.3, -0.25) is 0 Å². The average Bonchev–Trinajstić information content (AvgIpc) is 3.16. The number of nitrogens with zero attached hydrogens (tertiary/aromatic N) is 4. The van der Waals surface area contributed by atoms with Gasteiger partial charge in [0.25, 0.3) is 0 Å². The minimum Gasteiger partial charge on any atom is -0.212 e. The molecule has 4 heteroatoms. The normalized spacial score (nSPS) is 16.1. The van der Waals surface area contributed by atoms with Crippen molar-refractivity contribution < 1.29 is 0 Å². The molecule has 0 fully saturated rings. The van der Waals surface area contributed by atoms with Crippen molar-refractivity contribution in [3.63, 3.8) is 0 Å². The molecular weight excluding hydrogens is 585 g/mol. The van der Waals surface area contributed by atoms with Crippen molar-refractivity contribution in [3.8, 4) is 51.1 Å². The van der Waals surface area contributed by atoms with Crippen molar-refractivity contribution in [2.24, 2.45) is 5.92 Å². The van der Waals surface area contributed by atoms with Crippen LogP contribution in [-0.4, -0.2) is 15.0 Å². The van der Waals surface area contributed by atoms with Gasteiger partial charge in [-0.2, -0.15) is 5.26 Å². The number of nitriles is 1. The van der Waals surface area contributed by atoms with E-state index in [0.717, 1.165) is 28.1 Å². The number of fused-ring (bicyclic) bond motifs is 2. The summed E-state index contributed by atoms with van der Waals surface area (Å²) in [4.78, 5) is 14.8. The van der Waals surface area contributed by atoms with Crippen molar-refractivity contribution in [1.82, 2.24) is 15.0 Å². The first-order chi connectivity index (χ1) is 23.7. The second-order valence-electron chi connectivity index (χ2n) is 12.3. The van der Waals surface area contributed by atoms with E-state index in [1.54, 1.807) is 0 Å². The van der Waals surface area contributed by atoms with Gasteiger partial charge in [0, 0.05) is 23.0 Å². The Kier molecular flexibility index (Phi) is 6.62. The Bertz CT molecular complexity index is 2380. The molecule has 224 valence electrons. The molecule has 1 aromatic heterocycles. The summed E-state index contributed by atoms with van der Waals surface area (Å²) in [6.45, 7) is 0. The molecule has 2 atom stereocenters. The lowest BCUT2D eigenvalue weighted by Crippen LogP contribution is -2.31. The minimum atomic E-state index is 0.122. The molecule has 2 aliphatic rings. The fraction of sp³-hybridized carbons (Fsp3) is 0.0455. The molecule has 7 aromatic rings. The van der Waals surface area contributed by atoms with Gasteiger partial charge in [0.2, 0.25) is 0 Å². The Labute approximate surface area is 279 Å². The van der Waals surface area contributed by atoms with E-state index in [2.05, 4.69) is 103 Å². The van der Waals surface area contributed by atoms with Crippen LogP contribution < -0.4 is 0 Å². The molecule has 48 heavy (non-hydrogen) atoms. The van der Waals surface area contributed by atoms with E-state index < -0.39 is 0 Å². The average molecular weight is 613 g/mol. The molecule has 6 aromatic carbocycles. The molecule has 9 rings (SSSR count). The van der Waals surface area contributed by atoms with Crippen LogP contribution in [0.4, 0.5) is 0 Å². The second-order valence-corrected chi connectivity index (χ2v) is 12.3. The smallest absolute Gasteiger partial charge is 0.163 e. The summed E-state index contributed by atoms with van der Waals surface area (Å²) in [5.41, 5.74) is 11.2. The lowest BCUT2D eigenvalue weighted by molar-refractivity contribution is 0.557. The molecule has 4 nitrogen and oxygen atoms in total. The maximum absolute atomic E-state index is 9.14. The molecule has 0 spiro atoms. The van der Waals surface area contributed by atoms with Crippen LogP contribution in [0.25, 0.3) is 61.4 Å². The highest BCUT2D eigenvalue weighted by atomic mass is 15.0. The quantitative estimate of drug-likeness (QED) is 0.187. The predicted octanol–water partition coefficient (Wildman–Crippen LogP) is 10.3. The fourth-order valence-corrected chi connectivity index (χ4v) is 6.95. The standard InChI is InChI=1S/C44H28N4/c45-27-28-15-17-29(18-16-28)30-19-21-31(22-20-30)34-23-24-37(36-14-8-7-13-35(34)36)38-25-40-39(38)26-41(40)44-47-42(32-9-3-1-4-10-32)46-43(48-44)33-11-5-2-6-12-33/h1-26,40-41H/t40-,41?/m1/s1. The molecule has 2 aliphatic carbocycles. The van der Waals surface area contributed by atoms with Gasteiger partial charge in [-0.25, -0.2) is 15.0 Å². The van der Waals surface area contributed by atoms with Crippen LogP contribution in [0, 0.1) is 17.2 Å². The second kappa shape index (κ2) is 11.4. The van der Waals surface area contributed by atoms with Crippen LogP contribution in [0.3, 0.4) is 0 Å². The SMILES string of the molecule is N#Cc1ccc(-c2ccc(-c3ccc(C4=C[C@@H]5C4=CC5c4nc(-c5ccccc5)nc(-c5ccccc5)n4)c4ccccc34)cc2)cc1. The molecule has 0 bridgehead atoms. The molecule has 1 unspecified atom stereocenters. The summed E-state index contributed by atoms with van der Waals surface area (Å²) < 4.78 is 0. The number of allylic oxidation sites excluding steroid dienone is 4. The fourth-order valence-electron chi connectivity index (χ4n) is 6.95. The zero-order chi connectivity index (χ0) is 32.0. The highest BCUT2D eigenvalue weighted by molar-refractivity contribution is 6.07. The first-order valence-electron chi connectivity index (χ1n) is 16.2. The van der Waals surface area contributed by atoms with Gasteiger partial charge in [-0.15, -0.1) is 0 Å². The number of aromatic nitrogens is 3. The summed E-state index contributed by atoms with van der Waals surface area (Å²) in [7, 11) is 0. The van der Waals surface area contributed by atoms with Gasteiger partial charge in [0.05, 0.1) is 11.6 Å². The Morgan fingerprint density at radius 3 is 1.52 bits per heavy atom. The summed E-state index contributed by atoms with van der Waals surface area (Å²) in [5, 5.41) is 11.6. The van der Waals surface area contributed by atoms with Crippen LogP contribution in [0.1, 0.15) is 22.9 Å². The minimum absolute atomic E-state index is 0.122. The lowest BCUT2D eigenvalue weighted by atomic mass is 9.61. The number of benzene rings is 6. The zero-order valence-electron chi connectivity index (χ0n) is 26.0. The maximum atomic E-state index is 9.14. The van der Waals surface area contributed by atoms with E-state index in [9.17, 15) is 0 Å². The lowest BCUT2D eigenvalue weighted by Gasteiger charge is -2.42. The molecule has 0 radical (unpaired) electrons. The van der Waals surface area contributed by atoms with Crippen LogP contribution in [-0.2, 0) is 0 Å². The monoisotopic (exact) mass is 612 g/mol. The highest BCUT2D eigenvalue weighted by Crippen LogP contribution is 2.56. The summed E-state index contributed by atoms with van der Waals surface area (Å²) >= 11 is 0. The van der Waals surface area contributed by atoms with Crippen LogP contribution in [0.15, 0.2) is 163 Å². The maximum Gasteiger partial charge on any atom is 0.163 e. The summed E-state index contributed by atoms with van der Waals surface area (Å²) in [6, 6.07) is 52.1. The van der Waals surface area contributed by atoms with E-state index in [1.165, 1.54) is 38.6 Å². The van der Waals surface area contributed by atoms with Crippen molar-refractivity contribution >= 4 is 16.3 Å². The van der Waals surface area contributed by atoms with E-state index in [0.29, 0.717) is 23.1 Å². The first-order valence-corrected chi connectivity index (χ1v) is 16.2. The van der Waals surface area contributed by atoms with Gasteiger partial charge >= 0.3 is 0 Å². The van der Waals surface area contributed by atoms with Crippen molar-refractivity contribution in [2.75, 3.05) is 0 Å². The first kappa shape index (κ1) is 27.8. The van der Waals surface area contributed by atoms with E-state index in [4.69, 9.17) is 20.2 Å². The Morgan fingerprint density at radius 1 is 0.438 bits per heavy atom. The van der Waals surface area contributed by atoms with Gasteiger partial charge in [-0.05, 0) is 61.9 Å². The summed E-state index contributed by atoms with van der Waals surface area (Å²) in [6.07, 6.45) is 4.73. The Balaban J connectivity index is 1.03. The Hall–Kier alpha value is -6.44. The van der Waals surface area contributed by atoms with Crippen molar-refractivity contribution in [2.45, 2.75) is 5.92 Å². The van der Waals surface area contributed by atoms with Gasteiger partial charge < -0.3 is 0 Å². The van der Waals surface area contributed by atoms with E-state index >= 15 is 0 Å². The largest absolute Gasteiger partial charge is 0.212 e. The molecule has 0 saturated heterocycles. The topological polar surface area (TPSA) is 62.5 Å². The summed E-state index contributed by atoms with van der Waals surface area (Å²) in [5.74, 6) is 2.64. The molecule has 0 N–H and O–H groups in total. The molecule has 1 heterocycles. The third-order valence-corrected chi connectivity index (χ3v) is 9.53. The number of hydrogen-bond acceptors (Lipinski definition) is 4. The molecule has 0 saturated carbocycles. The third kappa shape index (κ3) is 4.73. The van der Waals surface area contributed by atoms with E-state index in [-0.39, 0.29) is 5.92 Å². The molecular formula is C44H28N4. The molecule has 0 amide bonds. The predicted molar refractivity (Wildman–Crippen MR) is 193 cm³/mol. The van der Waals surface area contributed by atoms with Crippen molar-refractivity contribution in [1.29, 1.82) is 5.26 Å². The molecule has 0 aliphatic heterocycles. The van der Waals surface area contributed by atoms with Gasteiger partial charge in [0.1, 0.15) is 5.82 Å². The van der Waals surface area contributed by atoms with Crippen LogP contribution >= 0.6 is 0 Å². The van der Waals surface area contributed by atoms with Crippen LogP contribution in [0.5, 0.6) is 0 Å². The van der Waals surface area contributed by atoms with Crippen molar-refractivity contribution in [3.05, 3.63) is 180 Å². The zero-order valence-corrected chi connectivity index (χ0v) is 26.0. The third-order valence-electron chi connectivity index (χ3n) is 9.53. The van der Waals surface area contributed by atoms with Gasteiger partial charge in [0.15, 0.2) is 11.6 Å². The van der Waals surface area contributed by atoms with Gasteiger partial charge in [-0.1, -0.05) is 146 Å². The number of hydrogen-bond donors (Lipinski definition) is 0. The van der Waals surface area contributed by atoms with Crippen LogP contribution in [0.2, 0.25) is 0 Å². The van der Waals surface area contributed by atoms with E-state index in [1.807, 2.05) is 60.7 Å². The Morgan fingerprint density at radius 2 is 0.958 bits per heavy atom. The highest BCUT2D eigenvalue weighted by Gasteiger charge is 2.43.